The van der Waals surface area contributed by atoms with Crippen molar-refractivity contribution in [2.24, 2.45) is 17.3 Å². The Morgan fingerprint density at radius 3 is 3.00 bits per heavy atom. The van der Waals surface area contributed by atoms with Gasteiger partial charge in [-0.15, -0.1) is 10.2 Å². The maximum absolute atomic E-state index is 11.2. The molecule has 0 spiro atoms. The monoisotopic (exact) mass is 221 g/mol. The van der Waals surface area contributed by atoms with Gasteiger partial charge in [0.25, 0.3) is 0 Å². The van der Waals surface area contributed by atoms with Crippen molar-refractivity contribution in [1.82, 2.24) is 15.1 Å². The zero-order valence-electron chi connectivity index (χ0n) is 8.71. The quantitative estimate of drug-likeness (QED) is 0.683. The summed E-state index contributed by atoms with van der Waals surface area (Å²) in [5.74, 6) is 0.429. The molecule has 1 N–H and O–H groups in total. The summed E-state index contributed by atoms with van der Waals surface area (Å²) in [6.07, 6.45) is 1.32. The highest BCUT2D eigenvalue weighted by Crippen LogP contribution is 2.10. The summed E-state index contributed by atoms with van der Waals surface area (Å²) in [5, 5.41) is 17.9. The van der Waals surface area contributed by atoms with Crippen LogP contribution < -0.4 is 10.6 Å². The summed E-state index contributed by atoms with van der Waals surface area (Å²) >= 11 is 0. The van der Waals surface area contributed by atoms with Gasteiger partial charge in [0, 0.05) is 13.1 Å². The summed E-state index contributed by atoms with van der Waals surface area (Å²) in [6.45, 7) is 0. The minimum absolute atomic E-state index is 0.215. The highest BCUT2D eigenvalue weighted by molar-refractivity contribution is 6.01. The third-order valence-corrected chi connectivity index (χ3v) is 1.90. The number of methoxy groups -OCH3 is 1. The minimum Gasteiger partial charge on any atom is -0.464 e. The van der Waals surface area contributed by atoms with Crippen LogP contribution in [0.4, 0.5) is 5.82 Å². The van der Waals surface area contributed by atoms with Crippen molar-refractivity contribution in [3.63, 3.8) is 0 Å². The lowest BCUT2D eigenvalue weighted by molar-refractivity contribution is 0.0593. The lowest BCUT2D eigenvalue weighted by atomic mass is 10.4. The number of anilines is 1. The van der Waals surface area contributed by atoms with Crippen LogP contribution in [0, 0.1) is 0 Å². The smallest absolute Gasteiger partial charge is 0.358 e. The number of carbonyl (C=O) groups excluding carboxylic acids is 1. The third kappa shape index (κ3) is 1.85. The number of aryl methyl sites for hydroxylation is 1. The largest absolute Gasteiger partial charge is 0.464 e. The number of rotatable bonds is 2. The topological polar surface area (TPSA) is 95.0 Å². The molecule has 1 aliphatic rings. The molecular weight excluding hydrogens is 212 g/mol. The molecule has 1 radical (unpaired) electrons. The number of guanidine groups is 1. The van der Waals surface area contributed by atoms with Crippen LogP contribution in [0.25, 0.3) is 0 Å². The summed E-state index contributed by atoms with van der Waals surface area (Å²) in [5.41, 5.74) is 0.215. The van der Waals surface area contributed by atoms with Gasteiger partial charge < -0.3 is 10.1 Å². The number of carbonyl (C=O) groups is 1. The number of aromatic nitrogens is 2. The van der Waals surface area contributed by atoms with Crippen LogP contribution in [0.15, 0.2) is 16.3 Å². The van der Waals surface area contributed by atoms with E-state index in [4.69, 9.17) is 0 Å². The molecule has 0 saturated heterocycles. The molecule has 2 rings (SSSR count). The maximum Gasteiger partial charge on any atom is 0.358 e. The Balaban J connectivity index is 2.15. The first-order valence-electron chi connectivity index (χ1n) is 4.40. The van der Waals surface area contributed by atoms with Gasteiger partial charge in [-0.05, 0) is 0 Å². The second kappa shape index (κ2) is 4.01. The van der Waals surface area contributed by atoms with E-state index in [1.807, 2.05) is 0 Å². The SMILES string of the molecule is COC(=O)c1cc(NC2=NN=C[N]2)n(C)n1. The van der Waals surface area contributed by atoms with Crippen molar-refractivity contribution in [3.05, 3.63) is 11.8 Å². The Morgan fingerprint density at radius 1 is 1.56 bits per heavy atom. The molecule has 0 aliphatic carbocycles. The molecular formula is C8H9N6O2. The Hall–Kier alpha value is -2.38. The van der Waals surface area contributed by atoms with Crippen molar-refractivity contribution in [3.8, 4) is 0 Å². The van der Waals surface area contributed by atoms with Gasteiger partial charge in [-0.3, -0.25) is 4.68 Å². The predicted octanol–water partition coefficient (Wildman–Crippen LogP) is -0.464. The number of ether oxygens (including phenoxy) is 1. The summed E-state index contributed by atoms with van der Waals surface area (Å²) in [6, 6.07) is 1.54. The molecule has 0 fully saturated rings. The Bertz CT molecular complexity index is 475. The van der Waals surface area contributed by atoms with Crippen LogP contribution in [0.5, 0.6) is 0 Å². The van der Waals surface area contributed by atoms with Crippen molar-refractivity contribution < 1.29 is 9.53 Å². The molecule has 83 valence electrons. The molecule has 0 bridgehead atoms. The number of nitrogens with one attached hydrogen (secondary N) is 1. The fourth-order valence-electron chi connectivity index (χ4n) is 1.15. The number of nitrogens with zero attached hydrogens (tertiary/aromatic N) is 5. The van der Waals surface area contributed by atoms with Gasteiger partial charge in [-0.1, -0.05) is 0 Å². The van der Waals surface area contributed by atoms with E-state index in [0.717, 1.165) is 0 Å². The zero-order chi connectivity index (χ0) is 11.5. The molecule has 0 aromatic carbocycles. The molecule has 8 nitrogen and oxygen atoms in total. The van der Waals surface area contributed by atoms with E-state index in [-0.39, 0.29) is 5.69 Å². The van der Waals surface area contributed by atoms with Crippen LogP contribution in [-0.4, -0.2) is 35.2 Å². The third-order valence-electron chi connectivity index (χ3n) is 1.90. The summed E-state index contributed by atoms with van der Waals surface area (Å²) in [7, 11) is 2.99. The molecule has 16 heavy (non-hydrogen) atoms. The first-order valence-corrected chi connectivity index (χ1v) is 4.40. The molecule has 1 aromatic rings. The van der Waals surface area contributed by atoms with Gasteiger partial charge in [-0.2, -0.15) is 10.4 Å². The van der Waals surface area contributed by atoms with Gasteiger partial charge in [0.1, 0.15) is 12.2 Å². The molecule has 1 aliphatic heterocycles. The van der Waals surface area contributed by atoms with Crippen LogP contribution in [0.3, 0.4) is 0 Å². The number of hydrogen-bond donors (Lipinski definition) is 1. The molecule has 2 heterocycles. The van der Waals surface area contributed by atoms with Gasteiger partial charge in [0.05, 0.1) is 7.11 Å². The van der Waals surface area contributed by atoms with Gasteiger partial charge in [0.15, 0.2) is 5.69 Å². The summed E-state index contributed by atoms with van der Waals surface area (Å²) in [4.78, 5) is 11.2. The maximum atomic E-state index is 11.2. The fraction of sp³-hybridized carbons (Fsp3) is 0.250. The van der Waals surface area contributed by atoms with E-state index in [2.05, 4.69) is 30.7 Å². The van der Waals surface area contributed by atoms with E-state index in [0.29, 0.717) is 11.8 Å². The van der Waals surface area contributed by atoms with Crippen molar-refractivity contribution in [1.29, 1.82) is 0 Å². The van der Waals surface area contributed by atoms with Crippen LogP contribution >= 0.6 is 0 Å². The van der Waals surface area contributed by atoms with Crippen LogP contribution in [0.1, 0.15) is 10.5 Å². The average molecular weight is 221 g/mol. The van der Waals surface area contributed by atoms with Gasteiger partial charge in [-0.25, -0.2) is 4.79 Å². The normalized spacial score (nSPS) is 13.2. The Labute approximate surface area is 91.0 Å². The standard InChI is InChI=1S/C8H9N6O2/c1-14-6(11-8-9-4-10-12-8)3-5(13-14)7(15)16-2/h3-4H,1-2H3,(H,11,12). The molecule has 8 heteroatoms. The van der Waals surface area contributed by atoms with Crippen LogP contribution in [0.2, 0.25) is 0 Å². The number of esters is 1. The molecule has 1 aromatic heterocycles. The van der Waals surface area contributed by atoms with E-state index in [1.54, 1.807) is 13.1 Å². The zero-order valence-corrected chi connectivity index (χ0v) is 8.71. The molecule has 0 atom stereocenters. The summed E-state index contributed by atoms with van der Waals surface area (Å²) < 4.78 is 6.04. The number of hydrogen-bond acceptors (Lipinski definition) is 6. The van der Waals surface area contributed by atoms with E-state index in [1.165, 1.54) is 18.1 Å². The first-order chi connectivity index (χ1) is 7.70. The van der Waals surface area contributed by atoms with Crippen molar-refractivity contribution in [2.45, 2.75) is 0 Å². The molecule has 0 saturated carbocycles. The lowest BCUT2D eigenvalue weighted by Gasteiger charge is -2.02. The van der Waals surface area contributed by atoms with Gasteiger partial charge in [0.2, 0.25) is 5.96 Å². The highest BCUT2D eigenvalue weighted by Gasteiger charge is 2.14. The predicted molar refractivity (Wildman–Crippen MR) is 56.2 cm³/mol. The fourth-order valence-corrected chi connectivity index (χ4v) is 1.15. The average Bonchev–Trinajstić information content (AvgIpc) is 2.89. The van der Waals surface area contributed by atoms with Crippen LogP contribution in [-0.2, 0) is 11.8 Å². The second-order valence-electron chi connectivity index (χ2n) is 2.94. The Kier molecular flexibility index (Phi) is 2.54. The first kappa shape index (κ1) is 10.1. The van der Waals surface area contributed by atoms with Crippen molar-refractivity contribution in [2.75, 3.05) is 12.4 Å². The lowest BCUT2D eigenvalue weighted by Crippen LogP contribution is -2.21. The molecule has 0 unspecified atom stereocenters. The second-order valence-corrected chi connectivity index (χ2v) is 2.94. The molecule has 0 amide bonds. The van der Waals surface area contributed by atoms with E-state index in [9.17, 15) is 4.79 Å². The van der Waals surface area contributed by atoms with E-state index < -0.39 is 5.97 Å². The van der Waals surface area contributed by atoms with Gasteiger partial charge >= 0.3 is 5.97 Å². The minimum atomic E-state index is -0.495. The van der Waals surface area contributed by atoms with E-state index >= 15 is 0 Å². The van der Waals surface area contributed by atoms with Crippen molar-refractivity contribution >= 4 is 24.1 Å². The highest BCUT2D eigenvalue weighted by atomic mass is 16.5. The Morgan fingerprint density at radius 2 is 2.38 bits per heavy atom.